The lowest BCUT2D eigenvalue weighted by Crippen LogP contribution is -2.13. The first-order valence-corrected chi connectivity index (χ1v) is 7.31. The minimum Gasteiger partial charge on any atom is -0.497 e. The third-order valence-electron chi connectivity index (χ3n) is 2.69. The Morgan fingerprint density at radius 3 is 2.70 bits per heavy atom. The number of ether oxygens (including phenoxy) is 1. The summed E-state index contributed by atoms with van der Waals surface area (Å²) in [5, 5.41) is 8.97. The van der Waals surface area contributed by atoms with Crippen molar-refractivity contribution in [1.29, 1.82) is 0 Å². The molecule has 1 aromatic heterocycles. The number of hydrogen-bond acceptors (Lipinski definition) is 5. The van der Waals surface area contributed by atoms with Gasteiger partial charge in [-0.25, -0.2) is 8.42 Å². The summed E-state index contributed by atoms with van der Waals surface area (Å²) in [6.07, 6.45) is 0. The lowest BCUT2D eigenvalue weighted by Gasteiger charge is -2.08. The van der Waals surface area contributed by atoms with Crippen molar-refractivity contribution < 1.29 is 22.7 Å². The molecule has 0 fully saturated rings. The van der Waals surface area contributed by atoms with Gasteiger partial charge in [0.05, 0.1) is 12.8 Å². The third-order valence-corrected chi connectivity index (χ3v) is 4.18. The number of rotatable bonds is 5. The first-order valence-electron chi connectivity index (χ1n) is 5.83. The molecule has 0 aliphatic carbocycles. The largest absolute Gasteiger partial charge is 0.497 e. The quantitative estimate of drug-likeness (QED) is 0.879. The predicted octanol–water partition coefficient (Wildman–Crippen LogP) is 1.89. The van der Waals surface area contributed by atoms with Crippen molar-refractivity contribution in [3.63, 3.8) is 0 Å². The van der Waals surface area contributed by atoms with Crippen LogP contribution in [0.4, 0.5) is 5.69 Å². The highest BCUT2D eigenvalue weighted by atomic mass is 32.2. The second kappa shape index (κ2) is 5.56. The third kappa shape index (κ3) is 2.94. The van der Waals surface area contributed by atoms with E-state index in [4.69, 9.17) is 14.3 Å². The number of furan rings is 1. The average Bonchev–Trinajstić information content (AvgIpc) is 2.80. The standard InChI is InChI=1S/C13H15NO5S/c1-9-13(7-12(8-15)19-9)20(16,17)14-10-4-3-5-11(6-10)18-2/h3-7,14-15H,8H2,1-2H3. The summed E-state index contributed by atoms with van der Waals surface area (Å²) < 4.78 is 37.1. The van der Waals surface area contributed by atoms with Crippen molar-refractivity contribution in [1.82, 2.24) is 0 Å². The van der Waals surface area contributed by atoms with Gasteiger partial charge in [0.15, 0.2) is 0 Å². The highest BCUT2D eigenvalue weighted by Crippen LogP contribution is 2.24. The van der Waals surface area contributed by atoms with E-state index < -0.39 is 10.0 Å². The molecule has 0 spiro atoms. The molecule has 2 aromatic rings. The van der Waals surface area contributed by atoms with Crippen LogP contribution in [0, 0.1) is 6.92 Å². The number of aryl methyl sites for hydroxylation is 1. The Balaban J connectivity index is 2.32. The van der Waals surface area contributed by atoms with Gasteiger partial charge in [-0.15, -0.1) is 0 Å². The van der Waals surface area contributed by atoms with Gasteiger partial charge in [-0.05, 0) is 19.1 Å². The Labute approximate surface area is 117 Å². The molecule has 0 bridgehead atoms. The molecule has 2 rings (SSSR count). The van der Waals surface area contributed by atoms with Gasteiger partial charge >= 0.3 is 0 Å². The van der Waals surface area contributed by atoms with Crippen LogP contribution in [0.1, 0.15) is 11.5 Å². The molecule has 0 aliphatic heterocycles. The monoisotopic (exact) mass is 297 g/mol. The maximum Gasteiger partial charge on any atom is 0.265 e. The summed E-state index contributed by atoms with van der Waals surface area (Å²) in [5.74, 6) is 0.975. The molecular formula is C13H15NO5S. The molecule has 20 heavy (non-hydrogen) atoms. The minimum absolute atomic E-state index is 0.00405. The first-order chi connectivity index (χ1) is 9.46. The molecule has 0 atom stereocenters. The normalized spacial score (nSPS) is 11.3. The Bertz CT molecular complexity index is 705. The van der Waals surface area contributed by atoms with E-state index in [2.05, 4.69) is 4.72 Å². The zero-order valence-electron chi connectivity index (χ0n) is 11.1. The van der Waals surface area contributed by atoms with Crippen LogP contribution in [0.15, 0.2) is 39.6 Å². The Hall–Kier alpha value is -1.99. The fourth-order valence-electron chi connectivity index (χ4n) is 1.77. The SMILES string of the molecule is COc1cccc(NS(=O)(=O)c2cc(CO)oc2C)c1. The van der Waals surface area contributed by atoms with E-state index in [1.54, 1.807) is 24.3 Å². The van der Waals surface area contributed by atoms with Crippen molar-refractivity contribution in [3.8, 4) is 5.75 Å². The molecule has 0 aliphatic rings. The lowest BCUT2D eigenvalue weighted by atomic mass is 10.3. The summed E-state index contributed by atoms with van der Waals surface area (Å²) in [4.78, 5) is 0.00405. The van der Waals surface area contributed by atoms with Crippen LogP contribution in [0.3, 0.4) is 0 Å². The van der Waals surface area contributed by atoms with E-state index in [0.717, 1.165) is 0 Å². The molecule has 108 valence electrons. The van der Waals surface area contributed by atoms with Crippen LogP contribution in [0.5, 0.6) is 5.75 Å². The summed E-state index contributed by atoms with van der Waals surface area (Å²) in [5.41, 5.74) is 0.385. The molecule has 0 saturated carbocycles. The van der Waals surface area contributed by atoms with Gasteiger partial charge in [0, 0.05) is 12.1 Å². The Morgan fingerprint density at radius 1 is 1.35 bits per heavy atom. The van der Waals surface area contributed by atoms with Gasteiger partial charge in [0.2, 0.25) is 0 Å². The van der Waals surface area contributed by atoms with Gasteiger partial charge in [-0.3, -0.25) is 4.72 Å². The maximum atomic E-state index is 12.3. The van der Waals surface area contributed by atoms with Crippen molar-refractivity contribution in [3.05, 3.63) is 41.9 Å². The number of methoxy groups -OCH3 is 1. The van der Waals surface area contributed by atoms with Crippen molar-refractivity contribution in [2.75, 3.05) is 11.8 Å². The summed E-state index contributed by atoms with van der Waals surface area (Å²) >= 11 is 0. The molecule has 7 heteroatoms. The summed E-state index contributed by atoms with van der Waals surface area (Å²) in [7, 11) is -2.27. The van der Waals surface area contributed by atoms with Gasteiger partial charge in [-0.2, -0.15) is 0 Å². The fraction of sp³-hybridized carbons (Fsp3) is 0.231. The summed E-state index contributed by atoms with van der Waals surface area (Å²) in [6, 6.07) is 7.88. The second-order valence-electron chi connectivity index (χ2n) is 4.13. The number of benzene rings is 1. The van der Waals surface area contributed by atoms with Crippen LogP contribution in [0.2, 0.25) is 0 Å². The molecule has 1 heterocycles. The van der Waals surface area contributed by atoms with Crippen molar-refractivity contribution in [2.45, 2.75) is 18.4 Å². The molecule has 0 unspecified atom stereocenters. The number of anilines is 1. The van der Waals surface area contributed by atoms with E-state index >= 15 is 0 Å². The van der Waals surface area contributed by atoms with Crippen LogP contribution in [-0.2, 0) is 16.6 Å². The zero-order chi connectivity index (χ0) is 14.8. The molecule has 1 aromatic carbocycles. The molecule has 0 amide bonds. The first kappa shape index (κ1) is 14.4. The van der Waals surface area contributed by atoms with Gasteiger partial charge in [0.1, 0.15) is 28.8 Å². The van der Waals surface area contributed by atoms with Gasteiger partial charge in [-0.1, -0.05) is 6.07 Å². The van der Waals surface area contributed by atoms with Crippen molar-refractivity contribution in [2.24, 2.45) is 0 Å². The van der Waals surface area contributed by atoms with Crippen LogP contribution in [-0.4, -0.2) is 20.6 Å². The number of nitrogens with one attached hydrogen (secondary N) is 1. The maximum absolute atomic E-state index is 12.3. The van der Waals surface area contributed by atoms with Gasteiger partial charge in [0.25, 0.3) is 10.0 Å². The fourth-order valence-corrected chi connectivity index (χ4v) is 3.02. The molecule has 6 nitrogen and oxygen atoms in total. The highest BCUT2D eigenvalue weighted by molar-refractivity contribution is 7.92. The van der Waals surface area contributed by atoms with E-state index in [1.807, 2.05) is 0 Å². The average molecular weight is 297 g/mol. The topological polar surface area (TPSA) is 88.8 Å². The number of hydrogen-bond donors (Lipinski definition) is 2. The molecular weight excluding hydrogens is 282 g/mol. The molecule has 2 N–H and O–H groups in total. The molecule has 0 radical (unpaired) electrons. The van der Waals surface area contributed by atoms with E-state index in [0.29, 0.717) is 11.4 Å². The van der Waals surface area contributed by atoms with E-state index in [-0.39, 0.29) is 23.0 Å². The van der Waals surface area contributed by atoms with Crippen LogP contribution >= 0.6 is 0 Å². The number of sulfonamides is 1. The smallest absolute Gasteiger partial charge is 0.265 e. The van der Waals surface area contributed by atoms with E-state index in [1.165, 1.54) is 20.1 Å². The highest BCUT2D eigenvalue weighted by Gasteiger charge is 2.21. The summed E-state index contributed by atoms with van der Waals surface area (Å²) in [6.45, 7) is 1.18. The zero-order valence-corrected chi connectivity index (χ0v) is 11.9. The minimum atomic E-state index is -3.77. The van der Waals surface area contributed by atoms with Crippen molar-refractivity contribution >= 4 is 15.7 Å². The Morgan fingerprint density at radius 2 is 2.10 bits per heavy atom. The lowest BCUT2D eigenvalue weighted by molar-refractivity contribution is 0.245. The Kier molecular flexibility index (Phi) is 4.01. The number of aliphatic hydroxyl groups is 1. The molecule has 0 saturated heterocycles. The van der Waals surface area contributed by atoms with E-state index in [9.17, 15) is 8.42 Å². The van der Waals surface area contributed by atoms with Crippen LogP contribution in [0.25, 0.3) is 0 Å². The van der Waals surface area contributed by atoms with Crippen LogP contribution < -0.4 is 9.46 Å². The predicted molar refractivity (Wildman–Crippen MR) is 73.2 cm³/mol. The second-order valence-corrected chi connectivity index (χ2v) is 5.78. The number of aliphatic hydroxyl groups excluding tert-OH is 1. The van der Waals surface area contributed by atoms with Gasteiger partial charge < -0.3 is 14.3 Å².